The number of hydrogen-bond acceptors (Lipinski definition) is 3. The molecular formula is C17H19F3N4O2. The maximum absolute atomic E-state index is 12.5. The number of anilines is 1. The molecule has 1 aliphatic carbocycles. The molecule has 1 aromatic heterocycles. The summed E-state index contributed by atoms with van der Waals surface area (Å²) in [5.41, 5.74) is 0.253. The van der Waals surface area contributed by atoms with Gasteiger partial charge in [-0.3, -0.25) is 5.32 Å². The topological polar surface area (TPSA) is 79.2 Å². The lowest BCUT2D eigenvalue weighted by atomic mass is 10.1. The number of aliphatic hydroxyl groups excluding tert-OH is 1. The highest BCUT2D eigenvalue weighted by Gasteiger charge is 2.39. The molecule has 2 aromatic rings. The molecule has 0 radical (unpaired) electrons. The average Bonchev–Trinajstić information content (AvgIpc) is 3.34. The van der Waals surface area contributed by atoms with E-state index < -0.39 is 12.3 Å². The SMILES string of the molecule is C[C@@H](NC(=O)Nc1ccn(-c2ccc(C(O)C(F)(F)F)cc2)n1)C1CC1. The van der Waals surface area contributed by atoms with Crippen molar-refractivity contribution in [3.8, 4) is 5.69 Å². The number of benzene rings is 1. The van der Waals surface area contributed by atoms with Crippen molar-refractivity contribution in [1.82, 2.24) is 15.1 Å². The van der Waals surface area contributed by atoms with Crippen molar-refractivity contribution >= 4 is 11.8 Å². The molecule has 140 valence electrons. The summed E-state index contributed by atoms with van der Waals surface area (Å²) in [5.74, 6) is 0.855. The first kappa shape index (κ1) is 18.2. The number of alkyl halides is 3. The lowest BCUT2D eigenvalue weighted by molar-refractivity contribution is -0.206. The van der Waals surface area contributed by atoms with Crippen LogP contribution in [0.3, 0.4) is 0 Å². The van der Waals surface area contributed by atoms with E-state index in [1.54, 1.807) is 12.3 Å². The van der Waals surface area contributed by atoms with Crippen LogP contribution < -0.4 is 10.6 Å². The molecule has 1 aliphatic rings. The monoisotopic (exact) mass is 368 g/mol. The summed E-state index contributed by atoms with van der Waals surface area (Å²) < 4.78 is 39.0. The summed E-state index contributed by atoms with van der Waals surface area (Å²) in [6.07, 6.45) is -3.42. The normalized spacial score (nSPS) is 16.8. The zero-order valence-electron chi connectivity index (χ0n) is 14.0. The second-order valence-corrected chi connectivity index (χ2v) is 6.41. The van der Waals surface area contributed by atoms with Gasteiger partial charge in [-0.05, 0) is 43.4 Å². The van der Waals surface area contributed by atoms with Crippen molar-refractivity contribution in [2.45, 2.75) is 38.1 Å². The minimum absolute atomic E-state index is 0.102. The molecule has 2 amide bonds. The molecule has 1 fully saturated rings. The van der Waals surface area contributed by atoms with Crippen LogP contribution in [0.1, 0.15) is 31.4 Å². The Labute approximate surface area is 148 Å². The largest absolute Gasteiger partial charge is 0.418 e. The molecule has 0 aliphatic heterocycles. The highest BCUT2D eigenvalue weighted by Crippen LogP contribution is 2.33. The number of carbonyl (C=O) groups is 1. The fraction of sp³-hybridized carbons (Fsp3) is 0.412. The van der Waals surface area contributed by atoms with Crippen LogP contribution >= 0.6 is 0 Å². The van der Waals surface area contributed by atoms with Gasteiger partial charge >= 0.3 is 12.2 Å². The Morgan fingerprint density at radius 1 is 1.27 bits per heavy atom. The van der Waals surface area contributed by atoms with E-state index in [0.29, 0.717) is 17.4 Å². The second-order valence-electron chi connectivity index (χ2n) is 6.41. The van der Waals surface area contributed by atoms with Crippen LogP contribution in [-0.2, 0) is 0 Å². The van der Waals surface area contributed by atoms with E-state index in [-0.39, 0.29) is 17.6 Å². The standard InChI is InChI=1S/C17H19F3N4O2/c1-10(11-2-3-11)21-16(26)22-14-8-9-24(23-14)13-6-4-12(5-7-13)15(25)17(18,19)20/h4-11,15,25H,2-3H2,1H3,(H2,21,22,23,26)/t10-,15?/m1/s1. The summed E-state index contributed by atoms with van der Waals surface area (Å²) in [5, 5.41) is 18.9. The summed E-state index contributed by atoms with van der Waals surface area (Å²) >= 11 is 0. The summed E-state index contributed by atoms with van der Waals surface area (Å²) in [4.78, 5) is 11.9. The molecule has 1 aromatic carbocycles. The van der Waals surface area contributed by atoms with E-state index in [1.807, 2.05) is 6.92 Å². The van der Waals surface area contributed by atoms with Gasteiger partial charge in [-0.1, -0.05) is 12.1 Å². The van der Waals surface area contributed by atoms with E-state index >= 15 is 0 Å². The van der Waals surface area contributed by atoms with Gasteiger partial charge in [0.05, 0.1) is 5.69 Å². The Morgan fingerprint density at radius 2 is 1.92 bits per heavy atom. The molecule has 1 saturated carbocycles. The van der Waals surface area contributed by atoms with Crippen LogP contribution in [-0.4, -0.2) is 33.1 Å². The third-order valence-electron chi connectivity index (χ3n) is 4.30. The number of rotatable bonds is 5. The number of aromatic nitrogens is 2. The fourth-order valence-electron chi connectivity index (χ4n) is 2.61. The first-order valence-electron chi connectivity index (χ1n) is 8.22. The molecule has 1 heterocycles. The number of amides is 2. The molecule has 1 unspecified atom stereocenters. The van der Waals surface area contributed by atoms with Crippen LogP contribution in [0.5, 0.6) is 0 Å². The highest BCUT2D eigenvalue weighted by atomic mass is 19.4. The van der Waals surface area contributed by atoms with Gasteiger partial charge in [-0.25, -0.2) is 9.48 Å². The number of hydrogen-bond donors (Lipinski definition) is 3. The first-order valence-corrected chi connectivity index (χ1v) is 8.22. The molecular weight excluding hydrogens is 349 g/mol. The number of carbonyl (C=O) groups excluding carboxylic acids is 1. The van der Waals surface area contributed by atoms with E-state index in [2.05, 4.69) is 15.7 Å². The number of nitrogens with one attached hydrogen (secondary N) is 2. The van der Waals surface area contributed by atoms with Crippen molar-refractivity contribution in [2.75, 3.05) is 5.32 Å². The Hall–Kier alpha value is -2.55. The van der Waals surface area contributed by atoms with Gasteiger partial charge < -0.3 is 10.4 Å². The lowest BCUT2D eigenvalue weighted by Crippen LogP contribution is -2.37. The first-order chi connectivity index (χ1) is 12.2. The highest BCUT2D eigenvalue weighted by molar-refractivity contribution is 5.88. The van der Waals surface area contributed by atoms with Crippen LogP contribution in [0.2, 0.25) is 0 Å². The summed E-state index contributed by atoms with van der Waals surface area (Å²) in [6, 6.07) is 6.54. The fourth-order valence-corrected chi connectivity index (χ4v) is 2.61. The molecule has 9 heteroatoms. The molecule has 0 bridgehead atoms. The number of urea groups is 1. The Bertz CT molecular complexity index is 769. The van der Waals surface area contributed by atoms with Crippen LogP contribution in [0, 0.1) is 5.92 Å². The smallest absolute Gasteiger partial charge is 0.379 e. The van der Waals surface area contributed by atoms with Gasteiger partial charge in [-0.15, -0.1) is 5.10 Å². The number of nitrogens with zero attached hydrogens (tertiary/aromatic N) is 2. The van der Waals surface area contributed by atoms with Gasteiger partial charge in [0.25, 0.3) is 0 Å². The quantitative estimate of drug-likeness (QED) is 0.757. The number of halogens is 3. The van der Waals surface area contributed by atoms with E-state index in [0.717, 1.165) is 12.8 Å². The van der Waals surface area contributed by atoms with Gasteiger partial charge in [0.15, 0.2) is 11.9 Å². The maximum atomic E-state index is 12.5. The van der Waals surface area contributed by atoms with Crippen LogP contribution in [0.4, 0.5) is 23.8 Å². The summed E-state index contributed by atoms with van der Waals surface area (Å²) in [7, 11) is 0. The van der Waals surface area contributed by atoms with Crippen molar-refractivity contribution in [3.63, 3.8) is 0 Å². The third-order valence-corrected chi connectivity index (χ3v) is 4.30. The zero-order valence-corrected chi connectivity index (χ0v) is 14.0. The zero-order chi connectivity index (χ0) is 18.9. The Kier molecular flexibility index (Phi) is 4.90. The van der Waals surface area contributed by atoms with E-state index in [1.165, 1.54) is 28.9 Å². The van der Waals surface area contributed by atoms with Crippen molar-refractivity contribution in [2.24, 2.45) is 5.92 Å². The molecule has 0 saturated heterocycles. The Morgan fingerprint density at radius 3 is 2.50 bits per heavy atom. The van der Waals surface area contributed by atoms with Gasteiger partial charge in [0, 0.05) is 18.3 Å². The average molecular weight is 368 g/mol. The van der Waals surface area contributed by atoms with Crippen molar-refractivity contribution in [1.29, 1.82) is 0 Å². The summed E-state index contributed by atoms with van der Waals surface area (Å²) in [6.45, 7) is 1.95. The van der Waals surface area contributed by atoms with Gasteiger partial charge in [0.2, 0.25) is 0 Å². The van der Waals surface area contributed by atoms with Crippen LogP contribution in [0.25, 0.3) is 5.69 Å². The van der Waals surface area contributed by atoms with E-state index in [4.69, 9.17) is 0 Å². The van der Waals surface area contributed by atoms with Crippen molar-refractivity contribution < 1.29 is 23.1 Å². The molecule has 3 rings (SSSR count). The van der Waals surface area contributed by atoms with Crippen LogP contribution in [0.15, 0.2) is 36.5 Å². The molecule has 3 N–H and O–H groups in total. The predicted octanol–water partition coefficient (Wildman–Crippen LogP) is 3.39. The van der Waals surface area contributed by atoms with Gasteiger partial charge in [-0.2, -0.15) is 13.2 Å². The van der Waals surface area contributed by atoms with E-state index in [9.17, 15) is 23.1 Å². The molecule has 2 atom stereocenters. The maximum Gasteiger partial charge on any atom is 0.418 e. The molecule has 6 nitrogen and oxygen atoms in total. The molecule has 26 heavy (non-hydrogen) atoms. The molecule has 0 spiro atoms. The number of aliphatic hydroxyl groups is 1. The minimum Gasteiger partial charge on any atom is -0.379 e. The Balaban J connectivity index is 1.63. The van der Waals surface area contributed by atoms with Crippen molar-refractivity contribution in [3.05, 3.63) is 42.1 Å². The lowest BCUT2D eigenvalue weighted by Gasteiger charge is -2.15. The second kappa shape index (κ2) is 6.99. The minimum atomic E-state index is -4.71. The third kappa shape index (κ3) is 4.34. The predicted molar refractivity (Wildman–Crippen MR) is 88.9 cm³/mol. The van der Waals surface area contributed by atoms with Gasteiger partial charge in [0.1, 0.15) is 0 Å².